The molecule has 118 valence electrons. The van der Waals surface area contributed by atoms with Gasteiger partial charge >= 0.3 is 6.01 Å². The number of aromatic nitrogens is 2. The van der Waals surface area contributed by atoms with E-state index in [-0.39, 0.29) is 0 Å². The highest BCUT2D eigenvalue weighted by atomic mass is 16.5. The summed E-state index contributed by atoms with van der Waals surface area (Å²) in [6.07, 6.45) is 3.49. The number of ether oxygens (including phenoxy) is 1. The molecule has 1 aromatic rings. The Labute approximate surface area is 126 Å². The van der Waals surface area contributed by atoms with Crippen molar-refractivity contribution >= 4 is 6.01 Å². The average Bonchev–Trinajstić information content (AvgIpc) is 2.84. The zero-order valence-electron chi connectivity index (χ0n) is 13.1. The van der Waals surface area contributed by atoms with Crippen LogP contribution >= 0.6 is 0 Å². The second-order valence-electron chi connectivity index (χ2n) is 6.30. The zero-order chi connectivity index (χ0) is 14.7. The molecule has 0 atom stereocenters. The lowest BCUT2D eigenvalue weighted by atomic mass is 10.0. The molecule has 0 unspecified atom stereocenters. The quantitative estimate of drug-likeness (QED) is 0.848. The van der Waals surface area contributed by atoms with E-state index in [9.17, 15) is 0 Å². The van der Waals surface area contributed by atoms with Crippen LogP contribution in [-0.2, 0) is 4.74 Å². The van der Waals surface area contributed by atoms with Gasteiger partial charge in [-0.3, -0.25) is 4.90 Å². The first kappa shape index (κ1) is 14.8. The number of rotatable bonds is 3. The van der Waals surface area contributed by atoms with Gasteiger partial charge in [-0.1, -0.05) is 18.9 Å². The molecule has 2 aliphatic heterocycles. The minimum Gasteiger partial charge on any atom is -0.408 e. The van der Waals surface area contributed by atoms with Gasteiger partial charge in [-0.2, -0.15) is 0 Å². The van der Waals surface area contributed by atoms with Crippen LogP contribution in [0, 0.1) is 0 Å². The van der Waals surface area contributed by atoms with Crippen LogP contribution in [-0.4, -0.2) is 60.5 Å². The fourth-order valence-electron chi connectivity index (χ4n) is 3.14. The van der Waals surface area contributed by atoms with E-state index in [1.807, 2.05) is 0 Å². The minimum atomic E-state index is 0.292. The topological polar surface area (TPSA) is 54.6 Å². The maximum atomic E-state index is 5.76. The van der Waals surface area contributed by atoms with E-state index in [4.69, 9.17) is 9.15 Å². The average molecular weight is 294 g/mol. The molecule has 0 N–H and O–H groups in total. The Kier molecular flexibility index (Phi) is 4.75. The van der Waals surface area contributed by atoms with Gasteiger partial charge in [0.1, 0.15) is 0 Å². The van der Waals surface area contributed by atoms with Crippen molar-refractivity contribution in [2.45, 2.75) is 45.1 Å². The maximum Gasteiger partial charge on any atom is 0.318 e. The van der Waals surface area contributed by atoms with E-state index < -0.39 is 0 Å². The second-order valence-corrected chi connectivity index (χ2v) is 6.30. The van der Waals surface area contributed by atoms with Gasteiger partial charge in [-0.05, 0) is 19.3 Å². The van der Waals surface area contributed by atoms with Crippen LogP contribution in [0.1, 0.15) is 44.9 Å². The monoisotopic (exact) mass is 294 g/mol. The minimum absolute atomic E-state index is 0.292. The Morgan fingerprint density at radius 2 is 1.86 bits per heavy atom. The highest BCUT2D eigenvalue weighted by molar-refractivity contribution is 5.25. The third-order valence-electron chi connectivity index (χ3n) is 4.43. The Morgan fingerprint density at radius 1 is 1.05 bits per heavy atom. The van der Waals surface area contributed by atoms with Crippen LogP contribution in [0.3, 0.4) is 0 Å². The lowest BCUT2D eigenvalue weighted by molar-refractivity contribution is 0.125. The molecule has 0 radical (unpaired) electrons. The van der Waals surface area contributed by atoms with Gasteiger partial charge in [-0.25, -0.2) is 0 Å². The summed E-state index contributed by atoms with van der Waals surface area (Å²) >= 11 is 0. The van der Waals surface area contributed by atoms with Crippen molar-refractivity contribution in [3.05, 3.63) is 5.89 Å². The summed E-state index contributed by atoms with van der Waals surface area (Å²) in [5.74, 6) is 1.03. The van der Waals surface area contributed by atoms with Crippen LogP contribution in [0.25, 0.3) is 0 Å². The summed E-state index contributed by atoms with van der Waals surface area (Å²) in [7, 11) is 0. The van der Waals surface area contributed by atoms with E-state index in [2.05, 4.69) is 33.8 Å². The van der Waals surface area contributed by atoms with E-state index in [0.29, 0.717) is 18.0 Å². The fourth-order valence-corrected chi connectivity index (χ4v) is 3.14. The highest BCUT2D eigenvalue weighted by Crippen LogP contribution is 2.24. The van der Waals surface area contributed by atoms with Crippen molar-refractivity contribution in [1.29, 1.82) is 0 Å². The predicted molar refractivity (Wildman–Crippen MR) is 80.6 cm³/mol. The summed E-state index contributed by atoms with van der Waals surface area (Å²) in [5, 5.41) is 8.32. The number of nitrogens with zero attached hydrogens (tertiary/aromatic N) is 4. The van der Waals surface area contributed by atoms with Gasteiger partial charge in [0.05, 0.1) is 6.61 Å². The van der Waals surface area contributed by atoms with Gasteiger partial charge in [-0.15, -0.1) is 5.10 Å². The lowest BCUT2D eigenvalue weighted by Gasteiger charge is -2.37. The Bertz CT molecular complexity index is 433. The van der Waals surface area contributed by atoms with Gasteiger partial charge < -0.3 is 14.1 Å². The van der Waals surface area contributed by atoms with E-state index in [1.54, 1.807) is 0 Å². The van der Waals surface area contributed by atoms with Gasteiger partial charge in [0.15, 0.2) is 0 Å². The van der Waals surface area contributed by atoms with Gasteiger partial charge in [0.25, 0.3) is 0 Å². The SMILES string of the molecule is CC(C)c1nnc(N2CCC(N3CCCOCC3)CC2)o1. The normalized spacial score (nSPS) is 22.7. The third-order valence-corrected chi connectivity index (χ3v) is 4.43. The summed E-state index contributed by atoms with van der Waals surface area (Å²) in [6, 6.07) is 1.37. The Hall–Kier alpha value is -1.14. The molecule has 1 aromatic heterocycles. The van der Waals surface area contributed by atoms with Crippen LogP contribution in [0.2, 0.25) is 0 Å². The third kappa shape index (κ3) is 3.55. The molecule has 0 spiro atoms. The van der Waals surface area contributed by atoms with Gasteiger partial charge in [0.2, 0.25) is 5.89 Å². The molecule has 21 heavy (non-hydrogen) atoms. The van der Waals surface area contributed by atoms with Crippen molar-refractivity contribution in [2.75, 3.05) is 44.3 Å². The molecule has 3 rings (SSSR count). The largest absolute Gasteiger partial charge is 0.408 e. The van der Waals surface area contributed by atoms with Crippen LogP contribution in [0.4, 0.5) is 6.01 Å². The summed E-state index contributed by atoms with van der Waals surface area (Å²) in [4.78, 5) is 4.82. The molecule has 2 saturated heterocycles. The van der Waals surface area contributed by atoms with Gasteiger partial charge in [0, 0.05) is 44.7 Å². The fraction of sp³-hybridized carbons (Fsp3) is 0.867. The first-order valence-electron chi connectivity index (χ1n) is 8.14. The molecule has 3 heterocycles. The van der Waals surface area contributed by atoms with Crippen molar-refractivity contribution in [1.82, 2.24) is 15.1 Å². The zero-order valence-corrected chi connectivity index (χ0v) is 13.1. The molecule has 0 saturated carbocycles. The molecular weight excluding hydrogens is 268 g/mol. The first-order valence-corrected chi connectivity index (χ1v) is 8.14. The van der Waals surface area contributed by atoms with Crippen molar-refractivity contribution < 1.29 is 9.15 Å². The molecule has 0 aliphatic carbocycles. The highest BCUT2D eigenvalue weighted by Gasteiger charge is 2.27. The number of anilines is 1. The molecule has 2 aliphatic rings. The molecular formula is C15H26N4O2. The predicted octanol–water partition coefficient (Wildman–Crippen LogP) is 1.88. The van der Waals surface area contributed by atoms with Crippen LogP contribution in [0.5, 0.6) is 0 Å². The molecule has 0 bridgehead atoms. The molecule has 0 aromatic carbocycles. The Morgan fingerprint density at radius 3 is 2.57 bits per heavy atom. The van der Waals surface area contributed by atoms with Crippen molar-refractivity contribution in [2.24, 2.45) is 0 Å². The number of piperidine rings is 1. The molecule has 0 amide bonds. The van der Waals surface area contributed by atoms with Crippen LogP contribution in [0.15, 0.2) is 4.42 Å². The second kappa shape index (κ2) is 6.75. The summed E-state index contributed by atoms with van der Waals surface area (Å²) < 4.78 is 11.3. The number of hydrogen-bond donors (Lipinski definition) is 0. The molecule has 6 heteroatoms. The summed E-state index contributed by atoms with van der Waals surface area (Å²) in [6.45, 7) is 10.2. The van der Waals surface area contributed by atoms with E-state index in [0.717, 1.165) is 45.2 Å². The Balaban J connectivity index is 1.54. The molecule has 2 fully saturated rings. The van der Waals surface area contributed by atoms with Crippen LogP contribution < -0.4 is 4.90 Å². The smallest absolute Gasteiger partial charge is 0.318 e. The summed E-state index contributed by atoms with van der Waals surface area (Å²) in [5.41, 5.74) is 0. The first-order chi connectivity index (χ1) is 10.2. The maximum absolute atomic E-state index is 5.76. The molecule has 6 nitrogen and oxygen atoms in total. The van der Waals surface area contributed by atoms with Crippen molar-refractivity contribution in [3.8, 4) is 0 Å². The van der Waals surface area contributed by atoms with Crippen molar-refractivity contribution in [3.63, 3.8) is 0 Å². The van der Waals surface area contributed by atoms with E-state index in [1.165, 1.54) is 19.4 Å². The lowest BCUT2D eigenvalue weighted by Crippen LogP contribution is -2.46. The van der Waals surface area contributed by atoms with E-state index >= 15 is 0 Å². The standard InChI is InChI=1S/C15H26N4O2/c1-12(2)14-16-17-15(21-14)19-7-4-13(5-8-19)18-6-3-10-20-11-9-18/h12-13H,3-11H2,1-2H3. The number of hydrogen-bond acceptors (Lipinski definition) is 6.